The van der Waals surface area contributed by atoms with Gasteiger partial charge in [0.2, 0.25) is 0 Å². The molecule has 0 amide bonds. The number of hydrogen-bond donors (Lipinski definition) is 0. The Labute approximate surface area is 151 Å². The molecule has 2 atom stereocenters. The number of carbonyl (C=O) groups excluding carboxylic acids is 1. The van der Waals surface area contributed by atoms with Crippen molar-refractivity contribution in [3.8, 4) is 0 Å². The molecule has 0 fully saturated rings. The normalized spacial score (nSPS) is 13.0. The average molecular weight is 479 g/mol. The van der Waals surface area contributed by atoms with Crippen LogP contribution in [0.25, 0.3) is 0 Å². The number of hydrogen-bond acceptors (Lipinski definition) is 3. The van der Waals surface area contributed by atoms with E-state index < -0.39 is 0 Å². The molecule has 112 valence electrons. The predicted molar refractivity (Wildman–Crippen MR) is 96.9 cm³/mol. The van der Waals surface area contributed by atoms with Gasteiger partial charge in [-0.15, -0.1) is 17.0 Å². The first-order chi connectivity index (χ1) is 9.77. The van der Waals surface area contributed by atoms with Gasteiger partial charge in [0.05, 0.1) is 23.2 Å². The number of Topliss-reactive ketones (excluding diaryl/α,β-unsaturated/α-hetero) is 1. The van der Waals surface area contributed by atoms with Crippen molar-refractivity contribution in [2.24, 2.45) is 0 Å². The van der Waals surface area contributed by atoms with Crippen molar-refractivity contribution in [2.45, 2.75) is 11.8 Å². The van der Waals surface area contributed by atoms with E-state index in [0.29, 0.717) is 10.7 Å². The van der Waals surface area contributed by atoms with Crippen LogP contribution < -0.4 is 0 Å². The lowest BCUT2D eigenvalue weighted by Gasteiger charge is -2.18. The standard InChI is InChI=1S/C15H14Br2N2O.BrH/c16-9-11(13-5-1-3-7-18-13)15(20)12(10-17)14-6-2-4-8-19-14;/h1-8,11-12H,9-10H2;1H. The molecular weight excluding hydrogens is 464 g/mol. The zero-order valence-electron chi connectivity index (χ0n) is 11.2. The molecule has 0 aromatic carbocycles. The molecule has 0 aliphatic heterocycles. The Morgan fingerprint density at radius 2 is 1.33 bits per heavy atom. The molecular formula is C15H15Br3N2O. The Balaban J connectivity index is 0.00000220. The van der Waals surface area contributed by atoms with Crippen molar-refractivity contribution in [3.63, 3.8) is 0 Å². The Bertz CT molecular complexity index is 502. The second-order valence-corrected chi connectivity index (χ2v) is 5.62. The third-order valence-corrected chi connectivity index (χ3v) is 4.38. The van der Waals surface area contributed by atoms with Crippen LogP contribution in [0.15, 0.2) is 48.8 Å². The number of carbonyl (C=O) groups is 1. The van der Waals surface area contributed by atoms with Crippen LogP contribution in [0.1, 0.15) is 23.2 Å². The summed E-state index contributed by atoms with van der Waals surface area (Å²) < 4.78 is 0. The number of nitrogens with zero attached hydrogens (tertiary/aromatic N) is 2. The molecule has 0 saturated heterocycles. The topological polar surface area (TPSA) is 42.9 Å². The lowest BCUT2D eigenvalue weighted by molar-refractivity contribution is -0.121. The molecule has 0 bridgehead atoms. The summed E-state index contributed by atoms with van der Waals surface area (Å²) in [7, 11) is 0. The summed E-state index contributed by atoms with van der Waals surface area (Å²) in [4.78, 5) is 21.4. The van der Waals surface area contributed by atoms with Gasteiger partial charge in [-0.3, -0.25) is 14.8 Å². The molecule has 2 heterocycles. The van der Waals surface area contributed by atoms with Gasteiger partial charge in [-0.2, -0.15) is 0 Å². The summed E-state index contributed by atoms with van der Waals surface area (Å²) in [5.74, 6) is -0.405. The quantitative estimate of drug-likeness (QED) is 0.582. The number of alkyl halides is 2. The van der Waals surface area contributed by atoms with Gasteiger partial charge in [0.15, 0.2) is 5.78 Å². The number of rotatable bonds is 6. The monoisotopic (exact) mass is 476 g/mol. The number of halogens is 3. The maximum Gasteiger partial charge on any atom is 0.152 e. The van der Waals surface area contributed by atoms with E-state index >= 15 is 0 Å². The number of aromatic nitrogens is 2. The summed E-state index contributed by atoms with van der Waals surface area (Å²) in [6.45, 7) is 0. The van der Waals surface area contributed by atoms with Crippen molar-refractivity contribution >= 4 is 54.6 Å². The van der Waals surface area contributed by atoms with Crippen molar-refractivity contribution in [1.82, 2.24) is 9.97 Å². The summed E-state index contributed by atoms with van der Waals surface area (Å²) in [5, 5.41) is 1.11. The predicted octanol–water partition coefficient (Wildman–Crippen LogP) is 4.28. The highest BCUT2D eigenvalue weighted by atomic mass is 79.9. The summed E-state index contributed by atoms with van der Waals surface area (Å²) >= 11 is 6.85. The summed E-state index contributed by atoms with van der Waals surface area (Å²) in [6, 6.07) is 11.3. The molecule has 2 aromatic heterocycles. The van der Waals surface area contributed by atoms with Crippen molar-refractivity contribution in [1.29, 1.82) is 0 Å². The van der Waals surface area contributed by atoms with Crippen molar-refractivity contribution in [3.05, 3.63) is 60.2 Å². The van der Waals surface area contributed by atoms with Crippen LogP contribution in [0.3, 0.4) is 0 Å². The average Bonchev–Trinajstić information content (AvgIpc) is 2.51. The third-order valence-electron chi connectivity index (χ3n) is 3.09. The highest BCUT2D eigenvalue weighted by molar-refractivity contribution is 9.09. The van der Waals surface area contributed by atoms with E-state index in [9.17, 15) is 4.79 Å². The van der Waals surface area contributed by atoms with Crippen LogP contribution in [0, 0.1) is 0 Å². The lowest BCUT2D eigenvalue weighted by Crippen LogP contribution is -2.24. The smallest absolute Gasteiger partial charge is 0.152 e. The Hall–Kier alpha value is -0.590. The SMILES string of the molecule is Br.O=C(C(CBr)c1ccccn1)C(CBr)c1ccccn1. The minimum atomic E-state index is -0.263. The molecule has 0 aliphatic rings. The van der Waals surface area contributed by atoms with Crippen LogP contribution in [0.4, 0.5) is 0 Å². The van der Waals surface area contributed by atoms with E-state index in [1.165, 1.54) is 0 Å². The molecule has 3 nitrogen and oxygen atoms in total. The molecule has 2 aromatic rings. The van der Waals surface area contributed by atoms with Crippen LogP contribution in [-0.2, 0) is 4.79 Å². The molecule has 2 unspecified atom stereocenters. The van der Waals surface area contributed by atoms with E-state index in [1.807, 2.05) is 36.4 Å². The third kappa shape index (κ3) is 4.69. The van der Waals surface area contributed by atoms with Gasteiger partial charge in [-0.25, -0.2) is 0 Å². The minimum absolute atomic E-state index is 0. The molecule has 0 saturated carbocycles. The maximum atomic E-state index is 12.8. The molecule has 6 heteroatoms. The van der Waals surface area contributed by atoms with Crippen LogP contribution in [-0.4, -0.2) is 26.4 Å². The van der Waals surface area contributed by atoms with Gasteiger partial charge in [0.1, 0.15) is 0 Å². The fourth-order valence-electron chi connectivity index (χ4n) is 2.01. The molecule has 0 spiro atoms. The van der Waals surface area contributed by atoms with Crippen LogP contribution in [0.5, 0.6) is 0 Å². The summed E-state index contributed by atoms with van der Waals surface area (Å²) in [6.07, 6.45) is 3.42. The zero-order chi connectivity index (χ0) is 14.4. The number of ketones is 1. The Morgan fingerprint density at radius 1 is 0.905 bits per heavy atom. The largest absolute Gasteiger partial charge is 0.298 e. The zero-order valence-corrected chi connectivity index (χ0v) is 16.0. The highest BCUT2D eigenvalue weighted by Crippen LogP contribution is 2.27. The first kappa shape index (κ1) is 18.5. The van der Waals surface area contributed by atoms with Gasteiger partial charge in [-0.05, 0) is 24.3 Å². The van der Waals surface area contributed by atoms with Gasteiger partial charge < -0.3 is 0 Å². The fourth-order valence-corrected chi connectivity index (χ4v) is 3.31. The van der Waals surface area contributed by atoms with E-state index in [-0.39, 0.29) is 34.6 Å². The van der Waals surface area contributed by atoms with Gasteiger partial charge >= 0.3 is 0 Å². The second-order valence-electron chi connectivity index (χ2n) is 4.33. The maximum absolute atomic E-state index is 12.8. The van der Waals surface area contributed by atoms with E-state index in [2.05, 4.69) is 41.8 Å². The van der Waals surface area contributed by atoms with Gasteiger partial charge in [0, 0.05) is 23.1 Å². The lowest BCUT2D eigenvalue weighted by atomic mass is 9.90. The minimum Gasteiger partial charge on any atom is -0.298 e. The van der Waals surface area contributed by atoms with Crippen molar-refractivity contribution in [2.75, 3.05) is 10.7 Å². The highest BCUT2D eigenvalue weighted by Gasteiger charge is 2.29. The van der Waals surface area contributed by atoms with Crippen LogP contribution >= 0.6 is 48.8 Å². The molecule has 0 radical (unpaired) electrons. The second kappa shape index (κ2) is 9.43. The molecule has 21 heavy (non-hydrogen) atoms. The van der Waals surface area contributed by atoms with E-state index in [4.69, 9.17) is 0 Å². The van der Waals surface area contributed by atoms with Crippen molar-refractivity contribution < 1.29 is 4.79 Å². The van der Waals surface area contributed by atoms with E-state index in [0.717, 1.165) is 11.4 Å². The first-order valence-electron chi connectivity index (χ1n) is 6.25. The summed E-state index contributed by atoms with van der Waals surface area (Å²) in [5.41, 5.74) is 1.58. The van der Waals surface area contributed by atoms with E-state index in [1.54, 1.807) is 12.4 Å². The molecule has 2 rings (SSSR count). The first-order valence-corrected chi connectivity index (χ1v) is 8.49. The Kier molecular flexibility index (Phi) is 8.29. The molecule has 0 N–H and O–H groups in total. The van der Waals surface area contributed by atoms with Gasteiger partial charge in [-0.1, -0.05) is 44.0 Å². The fraction of sp³-hybridized carbons (Fsp3) is 0.267. The van der Waals surface area contributed by atoms with Crippen LogP contribution in [0.2, 0.25) is 0 Å². The Morgan fingerprint density at radius 3 is 1.62 bits per heavy atom. The number of pyridine rings is 2. The van der Waals surface area contributed by atoms with Gasteiger partial charge in [0.25, 0.3) is 0 Å². The molecule has 0 aliphatic carbocycles.